The van der Waals surface area contributed by atoms with E-state index in [1.165, 1.54) is 23.2 Å². The third kappa shape index (κ3) is 7.26. The number of nitrogens with one attached hydrogen (secondary N) is 1. The van der Waals surface area contributed by atoms with E-state index in [1.54, 1.807) is 0 Å². The Morgan fingerprint density at radius 2 is 1.83 bits per heavy atom. The van der Waals surface area contributed by atoms with Gasteiger partial charge in [0.15, 0.2) is 0 Å². The van der Waals surface area contributed by atoms with Crippen molar-refractivity contribution in [3.8, 4) is 5.75 Å². The van der Waals surface area contributed by atoms with E-state index in [2.05, 4.69) is 73.5 Å². The van der Waals surface area contributed by atoms with Crippen LogP contribution in [0.15, 0.2) is 40.9 Å². The summed E-state index contributed by atoms with van der Waals surface area (Å²) in [6.07, 6.45) is 1.95. The minimum atomic E-state index is 0.514. The number of aryl methyl sites for hydroxylation is 2. The first-order valence-electron chi connectivity index (χ1n) is 10.9. The molecule has 2 aromatic carbocycles. The SMILES string of the molecule is CC(C)COc1cc(CCc2ccc(Cl)cc2Br)cc(C[N+](C)(C)CC2CNC2)c1. The minimum Gasteiger partial charge on any atom is -0.493 e. The molecule has 1 aliphatic rings. The summed E-state index contributed by atoms with van der Waals surface area (Å²) in [4.78, 5) is 0. The van der Waals surface area contributed by atoms with E-state index in [0.29, 0.717) is 5.92 Å². The second kappa shape index (κ2) is 10.5. The first-order valence-corrected chi connectivity index (χ1v) is 12.1. The zero-order valence-electron chi connectivity index (χ0n) is 18.7. The molecule has 1 fully saturated rings. The summed E-state index contributed by atoms with van der Waals surface area (Å²) in [7, 11) is 4.68. The molecule has 0 aliphatic carbocycles. The number of benzene rings is 2. The molecule has 0 unspecified atom stereocenters. The Balaban J connectivity index is 1.74. The fourth-order valence-corrected chi connectivity index (χ4v) is 4.93. The van der Waals surface area contributed by atoms with Crippen LogP contribution in [-0.2, 0) is 19.4 Å². The van der Waals surface area contributed by atoms with Crippen molar-refractivity contribution in [2.24, 2.45) is 11.8 Å². The van der Waals surface area contributed by atoms with E-state index in [1.807, 2.05) is 12.1 Å². The molecule has 164 valence electrons. The van der Waals surface area contributed by atoms with Crippen molar-refractivity contribution < 1.29 is 9.22 Å². The number of hydrogen-bond acceptors (Lipinski definition) is 2. The summed E-state index contributed by atoms with van der Waals surface area (Å²) in [5.74, 6) is 2.30. The summed E-state index contributed by atoms with van der Waals surface area (Å²) in [5, 5.41) is 4.15. The molecule has 1 N–H and O–H groups in total. The maximum Gasteiger partial charge on any atom is 0.120 e. The van der Waals surface area contributed by atoms with Gasteiger partial charge in [0.05, 0.1) is 27.2 Å². The topological polar surface area (TPSA) is 21.3 Å². The zero-order chi connectivity index (χ0) is 21.7. The molecule has 0 spiro atoms. The Bertz CT molecular complexity index is 849. The van der Waals surface area contributed by atoms with Crippen LogP contribution >= 0.6 is 27.5 Å². The van der Waals surface area contributed by atoms with Crippen LogP contribution in [0.1, 0.15) is 30.5 Å². The number of rotatable bonds is 10. The Labute approximate surface area is 195 Å². The summed E-state index contributed by atoms with van der Waals surface area (Å²) in [6, 6.07) is 12.9. The molecule has 0 atom stereocenters. The van der Waals surface area contributed by atoms with Crippen molar-refractivity contribution in [2.75, 3.05) is 40.3 Å². The van der Waals surface area contributed by atoms with E-state index < -0.39 is 0 Å². The molecule has 1 heterocycles. The van der Waals surface area contributed by atoms with E-state index in [9.17, 15) is 0 Å². The molecule has 1 saturated heterocycles. The van der Waals surface area contributed by atoms with Crippen molar-refractivity contribution in [1.82, 2.24) is 5.32 Å². The van der Waals surface area contributed by atoms with Gasteiger partial charge in [-0.2, -0.15) is 0 Å². The van der Waals surface area contributed by atoms with E-state index >= 15 is 0 Å². The van der Waals surface area contributed by atoms with Crippen molar-refractivity contribution in [2.45, 2.75) is 33.2 Å². The van der Waals surface area contributed by atoms with Crippen LogP contribution in [0.3, 0.4) is 0 Å². The lowest BCUT2D eigenvalue weighted by molar-refractivity contribution is -0.907. The van der Waals surface area contributed by atoms with Gasteiger partial charge in [-0.3, -0.25) is 0 Å². The zero-order valence-corrected chi connectivity index (χ0v) is 21.0. The third-order valence-corrected chi connectivity index (χ3v) is 6.51. The van der Waals surface area contributed by atoms with Gasteiger partial charge in [-0.1, -0.05) is 47.4 Å². The van der Waals surface area contributed by atoms with Crippen molar-refractivity contribution in [3.63, 3.8) is 0 Å². The maximum absolute atomic E-state index is 6.12. The predicted octanol–water partition coefficient (Wildman–Crippen LogP) is 5.72. The van der Waals surface area contributed by atoms with Crippen LogP contribution in [0.25, 0.3) is 0 Å². The Morgan fingerprint density at radius 3 is 2.47 bits per heavy atom. The fraction of sp³-hybridized carbons (Fsp3) is 0.520. The second-order valence-electron chi connectivity index (χ2n) is 9.73. The number of halogens is 2. The van der Waals surface area contributed by atoms with Crippen molar-refractivity contribution in [3.05, 3.63) is 62.6 Å². The van der Waals surface area contributed by atoms with Crippen LogP contribution < -0.4 is 10.1 Å². The highest BCUT2D eigenvalue weighted by Gasteiger charge is 2.27. The molecule has 3 rings (SSSR count). The highest BCUT2D eigenvalue weighted by atomic mass is 79.9. The molecule has 0 saturated carbocycles. The second-order valence-corrected chi connectivity index (χ2v) is 11.0. The quantitative estimate of drug-likeness (QED) is 0.427. The normalized spacial score (nSPS) is 14.8. The standard InChI is InChI=1S/C25H35BrClN2O/c1-18(2)17-30-24-10-19(5-6-22-7-8-23(27)12-25(22)26)9-20(11-24)15-29(3,4)16-21-13-28-14-21/h7-12,18,21,28H,5-6,13-17H2,1-4H3/q+1. The number of hydrogen-bond donors (Lipinski definition) is 1. The monoisotopic (exact) mass is 493 g/mol. The van der Waals surface area contributed by atoms with Crippen LogP contribution in [0.5, 0.6) is 5.75 Å². The molecule has 0 amide bonds. The van der Waals surface area contributed by atoms with Gasteiger partial charge >= 0.3 is 0 Å². The van der Waals surface area contributed by atoms with Gasteiger partial charge in [0.25, 0.3) is 0 Å². The molecule has 2 aromatic rings. The maximum atomic E-state index is 6.12. The lowest BCUT2D eigenvalue weighted by Gasteiger charge is -2.37. The number of nitrogens with zero attached hydrogens (tertiary/aromatic N) is 1. The lowest BCUT2D eigenvalue weighted by atomic mass is 10.00. The molecule has 30 heavy (non-hydrogen) atoms. The summed E-state index contributed by atoms with van der Waals surface area (Å²) in [6.45, 7) is 9.66. The molecule has 0 aromatic heterocycles. The average molecular weight is 495 g/mol. The van der Waals surface area contributed by atoms with E-state index in [4.69, 9.17) is 16.3 Å². The summed E-state index contributed by atoms with van der Waals surface area (Å²) < 4.78 is 8.20. The van der Waals surface area contributed by atoms with Gasteiger partial charge < -0.3 is 14.5 Å². The lowest BCUT2D eigenvalue weighted by Crippen LogP contribution is -2.53. The largest absolute Gasteiger partial charge is 0.493 e. The van der Waals surface area contributed by atoms with Gasteiger partial charge in [0, 0.05) is 34.1 Å². The van der Waals surface area contributed by atoms with Crippen LogP contribution in [0.2, 0.25) is 5.02 Å². The number of quaternary nitrogens is 1. The molecule has 1 aliphatic heterocycles. The minimum absolute atomic E-state index is 0.514. The van der Waals surface area contributed by atoms with Crippen LogP contribution in [0, 0.1) is 11.8 Å². The van der Waals surface area contributed by atoms with Crippen LogP contribution in [-0.4, -0.2) is 44.8 Å². The molecule has 5 heteroatoms. The highest BCUT2D eigenvalue weighted by Crippen LogP contribution is 2.26. The van der Waals surface area contributed by atoms with Gasteiger partial charge in [-0.15, -0.1) is 0 Å². The van der Waals surface area contributed by atoms with Gasteiger partial charge in [-0.05, 0) is 60.2 Å². The van der Waals surface area contributed by atoms with E-state index in [-0.39, 0.29) is 0 Å². The Hall–Kier alpha value is -1.07. The first-order chi connectivity index (χ1) is 14.2. The summed E-state index contributed by atoms with van der Waals surface area (Å²) in [5.41, 5.74) is 3.97. The molecular weight excluding hydrogens is 460 g/mol. The highest BCUT2D eigenvalue weighted by molar-refractivity contribution is 9.10. The molecule has 3 nitrogen and oxygen atoms in total. The molecule has 0 bridgehead atoms. The van der Waals surface area contributed by atoms with Crippen molar-refractivity contribution >= 4 is 27.5 Å². The predicted molar refractivity (Wildman–Crippen MR) is 130 cm³/mol. The Kier molecular flexibility index (Phi) is 8.25. The molecule has 0 radical (unpaired) electrons. The molecular formula is C25H35BrClN2O+. The smallest absolute Gasteiger partial charge is 0.120 e. The first kappa shape index (κ1) is 23.6. The van der Waals surface area contributed by atoms with Gasteiger partial charge in [0.1, 0.15) is 12.3 Å². The van der Waals surface area contributed by atoms with Gasteiger partial charge in [-0.25, -0.2) is 0 Å². The Morgan fingerprint density at radius 1 is 1.10 bits per heavy atom. The average Bonchev–Trinajstić information content (AvgIpc) is 2.62. The van der Waals surface area contributed by atoms with Gasteiger partial charge in [0.2, 0.25) is 0 Å². The third-order valence-electron chi connectivity index (χ3n) is 5.54. The van der Waals surface area contributed by atoms with E-state index in [0.717, 1.165) is 64.7 Å². The summed E-state index contributed by atoms with van der Waals surface area (Å²) >= 11 is 9.74. The van der Waals surface area contributed by atoms with Crippen molar-refractivity contribution in [1.29, 1.82) is 0 Å². The van der Waals surface area contributed by atoms with Crippen LogP contribution in [0.4, 0.5) is 0 Å². The number of ether oxygens (including phenoxy) is 1. The fourth-order valence-electron chi connectivity index (χ4n) is 4.05.